The summed E-state index contributed by atoms with van der Waals surface area (Å²) in [7, 11) is 2.89. The predicted molar refractivity (Wildman–Crippen MR) is 132 cm³/mol. The van der Waals surface area contributed by atoms with Crippen LogP contribution in [0.4, 0.5) is 0 Å². The van der Waals surface area contributed by atoms with Crippen LogP contribution in [-0.4, -0.2) is 48.9 Å². The lowest BCUT2D eigenvalue weighted by Crippen LogP contribution is -2.48. The second-order valence-electron chi connectivity index (χ2n) is 8.03. The Morgan fingerprint density at radius 3 is 1.94 bits per heavy atom. The molecule has 1 N–H and O–H groups in total. The van der Waals surface area contributed by atoms with E-state index >= 15 is 0 Å². The minimum Gasteiger partial charge on any atom is -0.493 e. The van der Waals surface area contributed by atoms with Crippen LogP contribution in [0.2, 0.25) is 0 Å². The molecule has 6 nitrogen and oxygen atoms in total. The van der Waals surface area contributed by atoms with E-state index in [9.17, 15) is 9.90 Å². The molecule has 34 heavy (non-hydrogen) atoms. The third kappa shape index (κ3) is 6.83. The van der Waals surface area contributed by atoms with Crippen molar-refractivity contribution >= 4 is 5.97 Å². The molecule has 0 amide bonds. The first kappa shape index (κ1) is 25.3. The summed E-state index contributed by atoms with van der Waals surface area (Å²) in [6.07, 6.45) is -0.909. The zero-order chi connectivity index (χ0) is 24.3. The molecule has 2 unspecified atom stereocenters. The molecule has 0 saturated heterocycles. The first-order valence-corrected chi connectivity index (χ1v) is 11.4. The summed E-state index contributed by atoms with van der Waals surface area (Å²) in [6, 6.07) is 25.2. The van der Waals surface area contributed by atoms with Crippen LogP contribution < -0.4 is 9.47 Å². The SMILES string of the molecule is CCOc1ccc(CC(C(O)C(=O)OC)N(Cc2ccccc2)Cc2ccccc2)cc1OC. The van der Waals surface area contributed by atoms with Crippen LogP contribution >= 0.6 is 0 Å². The molecule has 3 rings (SSSR count). The standard InChI is InChI=1S/C28H33NO5/c1-4-34-25-16-15-23(18-26(25)32-2)17-24(27(30)28(31)33-3)29(19-21-11-7-5-8-12-21)20-22-13-9-6-10-14-22/h5-16,18,24,27,30H,4,17,19-20H2,1-3H3. The molecule has 0 aliphatic rings. The Labute approximate surface area is 201 Å². The van der Waals surface area contributed by atoms with Gasteiger partial charge in [0.05, 0.1) is 26.9 Å². The number of esters is 1. The number of carbonyl (C=O) groups excluding carboxylic acids is 1. The second kappa shape index (κ2) is 12.8. The third-order valence-corrected chi connectivity index (χ3v) is 5.71. The second-order valence-corrected chi connectivity index (χ2v) is 8.03. The van der Waals surface area contributed by atoms with Gasteiger partial charge in [-0.15, -0.1) is 0 Å². The molecule has 0 fully saturated rings. The number of ether oxygens (including phenoxy) is 3. The average molecular weight is 464 g/mol. The molecule has 2 atom stereocenters. The Balaban J connectivity index is 1.97. The Bertz CT molecular complexity index is 984. The third-order valence-electron chi connectivity index (χ3n) is 5.71. The van der Waals surface area contributed by atoms with E-state index in [1.54, 1.807) is 7.11 Å². The molecular weight excluding hydrogens is 430 g/mol. The molecule has 0 heterocycles. The van der Waals surface area contributed by atoms with E-state index in [1.165, 1.54) is 7.11 Å². The summed E-state index contributed by atoms with van der Waals surface area (Å²) in [4.78, 5) is 14.6. The van der Waals surface area contributed by atoms with E-state index in [0.717, 1.165) is 16.7 Å². The molecule has 0 spiro atoms. The molecule has 3 aromatic carbocycles. The molecule has 0 aromatic heterocycles. The van der Waals surface area contributed by atoms with Gasteiger partial charge in [0.25, 0.3) is 0 Å². The van der Waals surface area contributed by atoms with Crippen molar-refractivity contribution in [2.24, 2.45) is 0 Å². The zero-order valence-corrected chi connectivity index (χ0v) is 20.0. The van der Waals surface area contributed by atoms with Crippen molar-refractivity contribution in [3.63, 3.8) is 0 Å². The highest BCUT2D eigenvalue weighted by molar-refractivity contribution is 5.75. The predicted octanol–water partition coefficient (Wildman–Crippen LogP) is 4.24. The molecule has 3 aromatic rings. The monoisotopic (exact) mass is 463 g/mol. The van der Waals surface area contributed by atoms with Gasteiger partial charge in [-0.3, -0.25) is 4.90 Å². The number of aliphatic hydroxyl groups is 1. The normalized spacial score (nSPS) is 12.7. The van der Waals surface area contributed by atoms with Crippen molar-refractivity contribution in [3.8, 4) is 11.5 Å². The van der Waals surface area contributed by atoms with Crippen LogP contribution in [0, 0.1) is 0 Å². The highest BCUT2D eigenvalue weighted by Crippen LogP contribution is 2.30. The van der Waals surface area contributed by atoms with Gasteiger partial charge in [0.2, 0.25) is 0 Å². The number of aliphatic hydroxyl groups excluding tert-OH is 1. The summed E-state index contributed by atoms with van der Waals surface area (Å²) < 4.78 is 16.1. The van der Waals surface area contributed by atoms with Crippen LogP contribution in [0.3, 0.4) is 0 Å². The lowest BCUT2D eigenvalue weighted by molar-refractivity contribution is -0.154. The maximum Gasteiger partial charge on any atom is 0.336 e. The summed E-state index contributed by atoms with van der Waals surface area (Å²) in [5, 5.41) is 11.1. The maximum atomic E-state index is 12.5. The summed E-state index contributed by atoms with van der Waals surface area (Å²) in [5.74, 6) is 0.613. The molecule has 0 bridgehead atoms. The van der Waals surface area contributed by atoms with Crippen LogP contribution in [0.1, 0.15) is 23.6 Å². The van der Waals surface area contributed by atoms with Crippen molar-refractivity contribution in [3.05, 3.63) is 95.6 Å². The van der Waals surface area contributed by atoms with Crippen LogP contribution in [0.15, 0.2) is 78.9 Å². The minimum atomic E-state index is -1.32. The number of hydrogen-bond donors (Lipinski definition) is 1. The number of benzene rings is 3. The highest BCUT2D eigenvalue weighted by Gasteiger charge is 2.32. The van der Waals surface area contributed by atoms with E-state index in [1.807, 2.05) is 85.8 Å². The lowest BCUT2D eigenvalue weighted by Gasteiger charge is -2.34. The van der Waals surface area contributed by atoms with E-state index in [4.69, 9.17) is 14.2 Å². The molecular formula is C28H33NO5. The molecule has 180 valence electrons. The number of nitrogens with zero attached hydrogens (tertiary/aromatic N) is 1. The number of rotatable bonds is 12. The van der Waals surface area contributed by atoms with Gasteiger partial charge in [0.15, 0.2) is 17.6 Å². The number of methoxy groups -OCH3 is 2. The largest absolute Gasteiger partial charge is 0.493 e. The molecule has 0 radical (unpaired) electrons. The van der Waals surface area contributed by atoms with Crippen LogP contribution in [-0.2, 0) is 29.0 Å². The van der Waals surface area contributed by atoms with Gasteiger partial charge < -0.3 is 19.3 Å². The van der Waals surface area contributed by atoms with E-state index in [2.05, 4.69) is 4.90 Å². The minimum absolute atomic E-state index is 0.415. The van der Waals surface area contributed by atoms with E-state index in [0.29, 0.717) is 37.6 Å². The highest BCUT2D eigenvalue weighted by atomic mass is 16.5. The summed E-state index contributed by atoms with van der Waals surface area (Å²) in [5.41, 5.74) is 3.09. The molecule has 0 saturated carbocycles. The van der Waals surface area contributed by atoms with Gasteiger partial charge in [-0.2, -0.15) is 0 Å². The fourth-order valence-corrected chi connectivity index (χ4v) is 4.00. The summed E-state index contributed by atoms with van der Waals surface area (Å²) in [6.45, 7) is 3.56. The first-order chi connectivity index (χ1) is 16.5. The Morgan fingerprint density at radius 2 is 1.44 bits per heavy atom. The smallest absolute Gasteiger partial charge is 0.336 e. The van der Waals surface area contributed by atoms with Crippen molar-refractivity contribution in [1.82, 2.24) is 4.90 Å². The van der Waals surface area contributed by atoms with Gasteiger partial charge in [0.1, 0.15) is 0 Å². The fraction of sp³-hybridized carbons (Fsp3) is 0.321. The van der Waals surface area contributed by atoms with Gasteiger partial charge in [0, 0.05) is 13.1 Å². The Hall–Kier alpha value is -3.35. The molecule has 6 heteroatoms. The summed E-state index contributed by atoms with van der Waals surface area (Å²) >= 11 is 0. The van der Waals surface area contributed by atoms with Crippen LogP contribution in [0.25, 0.3) is 0 Å². The van der Waals surface area contributed by atoms with Gasteiger partial charge in [-0.05, 0) is 42.2 Å². The average Bonchev–Trinajstić information content (AvgIpc) is 2.88. The lowest BCUT2D eigenvalue weighted by atomic mass is 9.97. The maximum absolute atomic E-state index is 12.5. The Kier molecular flexibility index (Phi) is 9.50. The van der Waals surface area contributed by atoms with Crippen LogP contribution in [0.5, 0.6) is 11.5 Å². The molecule has 0 aliphatic heterocycles. The first-order valence-electron chi connectivity index (χ1n) is 11.4. The van der Waals surface area contributed by atoms with Gasteiger partial charge >= 0.3 is 5.97 Å². The zero-order valence-electron chi connectivity index (χ0n) is 20.0. The van der Waals surface area contributed by atoms with Crippen molar-refractivity contribution in [1.29, 1.82) is 0 Å². The van der Waals surface area contributed by atoms with Crippen molar-refractivity contribution < 1.29 is 24.1 Å². The fourth-order valence-electron chi connectivity index (χ4n) is 4.00. The quantitative estimate of drug-likeness (QED) is 0.405. The topological polar surface area (TPSA) is 68.2 Å². The van der Waals surface area contributed by atoms with Gasteiger partial charge in [-0.1, -0.05) is 66.7 Å². The van der Waals surface area contributed by atoms with E-state index < -0.39 is 18.1 Å². The van der Waals surface area contributed by atoms with E-state index in [-0.39, 0.29) is 0 Å². The number of hydrogen-bond acceptors (Lipinski definition) is 6. The van der Waals surface area contributed by atoms with Crippen molar-refractivity contribution in [2.75, 3.05) is 20.8 Å². The number of carbonyl (C=O) groups is 1. The molecule has 0 aliphatic carbocycles. The van der Waals surface area contributed by atoms with Gasteiger partial charge in [-0.25, -0.2) is 4.79 Å². The van der Waals surface area contributed by atoms with Crippen molar-refractivity contribution in [2.45, 2.75) is 38.6 Å². The Morgan fingerprint density at radius 1 is 0.853 bits per heavy atom.